The lowest BCUT2D eigenvalue weighted by Gasteiger charge is -2.02. The number of hydrogen-bond acceptors (Lipinski definition) is 3. The zero-order valence-corrected chi connectivity index (χ0v) is 8.96. The van der Waals surface area contributed by atoms with Gasteiger partial charge in [0.15, 0.2) is 0 Å². The highest BCUT2D eigenvalue weighted by atomic mass is 14.7. The van der Waals surface area contributed by atoms with Gasteiger partial charge in [0.2, 0.25) is 0 Å². The summed E-state index contributed by atoms with van der Waals surface area (Å²) in [5, 5.41) is 7.43. The van der Waals surface area contributed by atoms with E-state index in [1.165, 1.54) is 0 Å². The van der Waals surface area contributed by atoms with Crippen LogP contribution in [0.15, 0.2) is 40.7 Å². The van der Waals surface area contributed by atoms with E-state index in [1.54, 1.807) is 32.2 Å². The summed E-state index contributed by atoms with van der Waals surface area (Å²) in [6.45, 7) is 9.07. The minimum absolute atomic E-state index is 0.407. The molecule has 0 fully saturated rings. The normalized spacial score (nSPS) is 13.4. The molecular weight excluding hydrogens is 174 g/mol. The molecule has 3 heteroatoms. The monoisotopic (exact) mass is 191 g/mol. The molecule has 0 atom stereocenters. The van der Waals surface area contributed by atoms with Crippen LogP contribution in [0.1, 0.15) is 20.8 Å². The Hall–Kier alpha value is -1.64. The minimum atomic E-state index is 0.407. The molecule has 76 valence electrons. The van der Waals surface area contributed by atoms with Gasteiger partial charge in [0.25, 0.3) is 0 Å². The van der Waals surface area contributed by atoms with E-state index in [2.05, 4.69) is 11.6 Å². The van der Waals surface area contributed by atoms with Gasteiger partial charge in [0.05, 0.1) is 5.70 Å². The van der Waals surface area contributed by atoms with Gasteiger partial charge in [-0.25, -0.2) is 0 Å². The Morgan fingerprint density at radius 1 is 1.36 bits per heavy atom. The standard InChI is InChI=1S/C11H17N3/c1-5-14-11(7-6-8(2)12)9(3)10(4)13/h5-7,13H,3,12H2,1-2,4H3/b8-6-,11-7+,13-10?,14-5?. The van der Waals surface area contributed by atoms with Gasteiger partial charge in [-0.1, -0.05) is 6.58 Å². The molecule has 0 rings (SSSR count). The van der Waals surface area contributed by atoms with E-state index in [1.807, 2.05) is 6.92 Å². The Morgan fingerprint density at radius 3 is 2.29 bits per heavy atom. The van der Waals surface area contributed by atoms with E-state index in [-0.39, 0.29) is 0 Å². The summed E-state index contributed by atoms with van der Waals surface area (Å²) < 4.78 is 0. The van der Waals surface area contributed by atoms with Crippen LogP contribution in [-0.2, 0) is 0 Å². The number of nitrogens with one attached hydrogen (secondary N) is 1. The lowest BCUT2D eigenvalue weighted by atomic mass is 10.1. The third kappa shape index (κ3) is 4.40. The summed E-state index contributed by atoms with van der Waals surface area (Å²) in [7, 11) is 0. The van der Waals surface area contributed by atoms with Crippen molar-refractivity contribution >= 4 is 11.9 Å². The average Bonchev–Trinajstić information content (AvgIpc) is 2.10. The molecule has 0 heterocycles. The summed E-state index contributed by atoms with van der Waals surface area (Å²) in [5.74, 6) is 0. The molecule has 0 radical (unpaired) electrons. The van der Waals surface area contributed by atoms with Crippen molar-refractivity contribution in [3.8, 4) is 0 Å². The number of nitrogens with zero attached hydrogens (tertiary/aromatic N) is 1. The third-order valence-corrected chi connectivity index (χ3v) is 1.53. The highest BCUT2D eigenvalue weighted by Gasteiger charge is 2.01. The minimum Gasteiger partial charge on any atom is -0.402 e. The van der Waals surface area contributed by atoms with Crippen molar-refractivity contribution in [1.29, 1.82) is 5.41 Å². The first kappa shape index (κ1) is 12.4. The van der Waals surface area contributed by atoms with Crippen molar-refractivity contribution in [2.24, 2.45) is 10.7 Å². The maximum Gasteiger partial charge on any atom is 0.0710 e. The zero-order chi connectivity index (χ0) is 11.1. The molecule has 0 aliphatic heterocycles. The van der Waals surface area contributed by atoms with Crippen LogP contribution in [0.25, 0.3) is 0 Å². The summed E-state index contributed by atoms with van der Waals surface area (Å²) in [5.41, 5.74) is 7.88. The first-order valence-electron chi connectivity index (χ1n) is 4.36. The number of nitrogens with two attached hydrogens (primary N) is 1. The molecule has 0 aliphatic carbocycles. The van der Waals surface area contributed by atoms with E-state index in [4.69, 9.17) is 11.1 Å². The fraction of sp³-hybridized carbons (Fsp3) is 0.273. The summed E-state index contributed by atoms with van der Waals surface area (Å²) in [6.07, 6.45) is 5.17. The Kier molecular flexibility index (Phi) is 5.22. The molecule has 0 aromatic rings. The second kappa shape index (κ2) is 5.91. The second-order valence-electron chi connectivity index (χ2n) is 2.95. The van der Waals surface area contributed by atoms with Crippen LogP contribution in [-0.4, -0.2) is 11.9 Å². The van der Waals surface area contributed by atoms with Crippen LogP contribution < -0.4 is 5.73 Å². The van der Waals surface area contributed by atoms with E-state index < -0.39 is 0 Å². The van der Waals surface area contributed by atoms with Crippen LogP contribution >= 0.6 is 0 Å². The van der Waals surface area contributed by atoms with Gasteiger partial charge in [0, 0.05) is 23.2 Å². The number of rotatable bonds is 4. The second-order valence-corrected chi connectivity index (χ2v) is 2.95. The molecule has 0 amide bonds. The summed E-state index contributed by atoms with van der Waals surface area (Å²) in [6, 6.07) is 0. The maximum absolute atomic E-state index is 7.43. The largest absolute Gasteiger partial charge is 0.402 e. The molecule has 14 heavy (non-hydrogen) atoms. The van der Waals surface area contributed by atoms with Crippen molar-refractivity contribution in [2.75, 3.05) is 0 Å². The van der Waals surface area contributed by atoms with Crippen LogP contribution in [0, 0.1) is 5.41 Å². The Morgan fingerprint density at radius 2 is 1.93 bits per heavy atom. The molecule has 0 aromatic heterocycles. The Bertz CT molecular complexity index is 315. The van der Waals surface area contributed by atoms with Crippen LogP contribution in [0.4, 0.5) is 0 Å². The summed E-state index contributed by atoms with van der Waals surface area (Å²) in [4.78, 5) is 4.11. The number of allylic oxidation sites excluding steroid dienone is 4. The molecule has 0 bridgehead atoms. The van der Waals surface area contributed by atoms with Gasteiger partial charge in [0.1, 0.15) is 0 Å². The maximum atomic E-state index is 7.43. The van der Waals surface area contributed by atoms with E-state index in [0.717, 1.165) is 0 Å². The van der Waals surface area contributed by atoms with Crippen molar-refractivity contribution in [2.45, 2.75) is 20.8 Å². The van der Waals surface area contributed by atoms with Crippen LogP contribution in [0.3, 0.4) is 0 Å². The van der Waals surface area contributed by atoms with Gasteiger partial charge in [-0.05, 0) is 32.9 Å². The average molecular weight is 191 g/mol. The smallest absolute Gasteiger partial charge is 0.0710 e. The van der Waals surface area contributed by atoms with Gasteiger partial charge >= 0.3 is 0 Å². The molecule has 3 N–H and O–H groups in total. The van der Waals surface area contributed by atoms with Gasteiger partial charge in [-0.3, -0.25) is 4.99 Å². The summed E-state index contributed by atoms with van der Waals surface area (Å²) >= 11 is 0. The number of aliphatic imine (C=N–C) groups is 1. The topological polar surface area (TPSA) is 62.2 Å². The first-order chi connectivity index (χ1) is 6.49. The predicted molar refractivity (Wildman–Crippen MR) is 62.7 cm³/mol. The van der Waals surface area contributed by atoms with Crippen molar-refractivity contribution in [3.63, 3.8) is 0 Å². The molecule has 0 saturated carbocycles. The van der Waals surface area contributed by atoms with Crippen molar-refractivity contribution in [3.05, 3.63) is 35.7 Å². The van der Waals surface area contributed by atoms with Gasteiger partial charge in [-0.15, -0.1) is 0 Å². The third-order valence-electron chi connectivity index (χ3n) is 1.53. The van der Waals surface area contributed by atoms with Crippen molar-refractivity contribution in [1.82, 2.24) is 0 Å². The van der Waals surface area contributed by atoms with Crippen LogP contribution in [0.5, 0.6) is 0 Å². The lowest BCUT2D eigenvalue weighted by molar-refractivity contribution is 1.29. The molecular formula is C11H17N3. The fourth-order valence-electron chi connectivity index (χ4n) is 0.763. The van der Waals surface area contributed by atoms with Gasteiger partial charge in [-0.2, -0.15) is 0 Å². The molecule has 0 unspecified atom stereocenters. The first-order valence-corrected chi connectivity index (χ1v) is 4.36. The molecule has 0 spiro atoms. The van der Waals surface area contributed by atoms with E-state index in [9.17, 15) is 0 Å². The molecule has 0 aliphatic rings. The highest BCUT2D eigenvalue weighted by Crippen LogP contribution is 2.10. The quantitative estimate of drug-likeness (QED) is 0.520. The fourth-order valence-corrected chi connectivity index (χ4v) is 0.763. The Labute approximate surface area is 85.2 Å². The Balaban J connectivity index is 4.96. The molecule has 3 nitrogen and oxygen atoms in total. The van der Waals surface area contributed by atoms with E-state index >= 15 is 0 Å². The molecule has 0 saturated heterocycles. The lowest BCUT2D eigenvalue weighted by Crippen LogP contribution is -1.96. The van der Waals surface area contributed by atoms with Crippen LogP contribution in [0.2, 0.25) is 0 Å². The van der Waals surface area contributed by atoms with Crippen molar-refractivity contribution < 1.29 is 0 Å². The number of hydrogen-bond donors (Lipinski definition) is 2. The zero-order valence-electron chi connectivity index (χ0n) is 8.96. The predicted octanol–water partition coefficient (Wildman–Crippen LogP) is 2.42. The molecule has 0 aromatic carbocycles. The SMILES string of the molecule is C=C(C(C)=N)/C(=C\C=C(\C)N)N=CC. The highest BCUT2D eigenvalue weighted by molar-refractivity contribution is 5.99. The van der Waals surface area contributed by atoms with Gasteiger partial charge < -0.3 is 11.1 Å². The van der Waals surface area contributed by atoms with E-state index in [0.29, 0.717) is 22.7 Å².